The lowest BCUT2D eigenvalue weighted by molar-refractivity contribution is -0.597. The first-order valence-electron chi connectivity index (χ1n) is 12.6. The van der Waals surface area contributed by atoms with E-state index in [0.29, 0.717) is 12.8 Å². The first kappa shape index (κ1) is 27.4. The molecule has 0 spiro atoms. The number of amides is 2. The quantitative estimate of drug-likeness (QED) is 0.235. The van der Waals surface area contributed by atoms with E-state index in [2.05, 4.69) is 48.7 Å². The summed E-state index contributed by atoms with van der Waals surface area (Å²) in [4.78, 5) is 24.2. The monoisotopic (exact) mass is 563 g/mol. The van der Waals surface area contributed by atoms with Gasteiger partial charge in [-0.25, -0.2) is 0 Å². The molecular weight excluding hydrogens is 523 g/mol. The van der Waals surface area contributed by atoms with E-state index in [0.717, 1.165) is 37.1 Å². The smallest absolute Gasteiger partial charge is 0.326 e. The van der Waals surface area contributed by atoms with E-state index >= 15 is 0 Å². The number of anilines is 2. The zero-order valence-corrected chi connectivity index (χ0v) is 22.5. The number of halogens is 1. The molecule has 0 aromatic heterocycles. The molecule has 0 saturated heterocycles. The largest absolute Gasteiger partial charge is 0.357 e. The van der Waals surface area contributed by atoms with E-state index in [1.807, 2.05) is 24.3 Å². The second-order valence-electron chi connectivity index (χ2n) is 8.53. The van der Waals surface area contributed by atoms with Gasteiger partial charge in [-0.05, 0) is 61.4 Å². The van der Waals surface area contributed by atoms with Gasteiger partial charge in [-0.1, -0.05) is 65.2 Å². The van der Waals surface area contributed by atoms with Gasteiger partial charge in [0.1, 0.15) is 0 Å². The number of hydrogen-bond donors (Lipinski definition) is 2. The Kier molecular flexibility index (Phi) is 13.8. The third kappa shape index (κ3) is 12.2. The summed E-state index contributed by atoms with van der Waals surface area (Å²) in [5.41, 5.74) is 1.74. The van der Waals surface area contributed by atoms with E-state index in [1.165, 1.54) is 45.7 Å². The van der Waals surface area contributed by atoms with E-state index in [-0.39, 0.29) is 33.0 Å². The maximum atomic E-state index is 12.1. The number of carbonyl (C=O) groups excluding carboxylic acids is 2. The summed E-state index contributed by atoms with van der Waals surface area (Å²) in [6.07, 6.45) is 12.8. The first-order valence-corrected chi connectivity index (χ1v) is 14.7. The molecule has 2 N–H and O–H groups in total. The molecule has 0 unspecified atom stereocenters. The minimum atomic E-state index is -0.297. The molecule has 0 radical (unpaired) electrons. The Labute approximate surface area is 210 Å². The van der Waals surface area contributed by atoms with Crippen LogP contribution in [0.5, 0.6) is 0 Å². The van der Waals surface area contributed by atoms with E-state index in [4.69, 9.17) is 0 Å². The normalized spacial score (nSPS) is 10.7. The van der Waals surface area contributed by atoms with E-state index in [9.17, 15) is 9.59 Å². The van der Waals surface area contributed by atoms with Crippen molar-refractivity contribution in [2.24, 2.45) is 0 Å². The zero-order valence-electron chi connectivity index (χ0n) is 20.3. The number of benzene rings is 2. The van der Waals surface area contributed by atoms with Crippen molar-refractivity contribution in [1.29, 1.82) is 0 Å². The minimum Gasteiger partial charge on any atom is -0.326 e. The summed E-state index contributed by atoms with van der Waals surface area (Å²) in [5, 5.41) is 6.01. The van der Waals surface area contributed by atoms with Crippen LogP contribution >= 0.6 is 0 Å². The zero-order chi connectivity index (χ0) is 23.7. The highest BCUT2D eigenvalue weighted by molar-refractivity contribution is 5.91. The second kappa shape index (κ2) is 16.7. The summed E-state index contributed by atoms with van der Waals surface area (Å²) in [7, 11) is 0. The molecule has 33 heavy (non-hydrogen) atoms. The van der Waals surface area contributed by atoms with Crippen LogP contribution in [-0.4, -0.2) is 11.8 Å². The standard InChI is InChI=1S/C28H39IN2O2/c1-3-5-7-9-11-13-27(32)30-25-19-15-23(16-20-25)29-24-17-21-26(22-18-24)31-28(33)14-12-10-8-6-4-2/h15-22H,3-14H2,1-2H3,(H-,30,31,32,33)/p+1. The predicted molar refractivity (Wildman–Crippen MR) is 134 cm³/mol. The Hall–Kier alpha value is -1.89. The molecule has 2 aromatic carbocycles. The highest BCUT2D eigenvalue weighted by Gasteiger charge is 2.16. The van der Waals surface area contributed by atoms with Crippen molar-refractivity contribution in [3.8, 4) is 0 Å². The van der Waals surface area contributed by atoms with E-state index in [1.54, 1.807) is 0 Å². The molecular formula is C28H40IN2O2+. The molecule has 2 rings (SSSR count). The van der Waals surface area contributed by atoms with Crippen LogP contribution in [0.3, 0.4) is 0 Å². The number of nitrogens with one attached hydrogen (secondary N) is 2. The Balaban J connectivity index is 1.71. The maximum Gasteiger partial charge on any atom is 0.357 e. The molecule has 0 aliphatic rings. The molecule has 180 valence electrons. The van der Waals surface area contributed by atoms with Crippen LogP contribution in [-0.2, 0) is 9.59 Å². The molecule has 4 nitrogen and oxygen atoms in total. The van der Waals surface area contributed by atoms with Gasteiger partial charge in [0.15, 0.2) is 7.14 Å². The fourth-order valence-corrected chi connectivity index (χ4v) is 5.70. The van der Waals surface area contributed by atoms with Gasteiger partial charge >= 0.3 is 21.2 Å². The first-order chi connectivity index (χ1) is 16.1. The van der Waals surface area contributed by atoms with Crippen LogP contribution < -0.4 is 31.8 Å². The second-order valence-corrected chi connectivity index (χ2v) is 11.6. The van der Waals surface area contributed by atoms with Gasteiger partial charge in [0, 0.05) is 24.2 Å². The highest BCUT2D eigenvalue weighted by atomic mass is 127. The number of unbranched alkanes of at least 4 members (excludes halogenated alkanes) is 8. The van der Waals surface area contributed by atoms with Gasteiger partial charge in [-0.3, -0.25) is 9.59 Å². The molecule has 0 aliphatic heterocycles. The van der Waals surface area contributed by atoms with Gasteiger partial charge in [-0.2, -0.15) is 0 Å². The van der Waals surface area contributed by atoms with Crippen molar-refractivity contribution in [2.45, 2.75) is 90.9 Å². The summed E-state index contributed by atoms with van der Waals surface area (Å²) >= 11 is -0.297. The molecule has 2 amide bonds. The average molecular weight is 564 g/mol. The van der Waals surface area contributed by atoms with Gasteiger partial charge in [0.05, 0.1) is 0 Å². The molecule has 0 bridgehead atoms. The minimum absolute atomic E-state index is 0.104. The van der Waals surface area contributed by atoms with Crippen LogP contribution in [0, 0.1) is 7.14 Å². The average Bonchev–Trinajstić information content (AvgIpc) is 2.81. The van der Waals surface area contributed by atoms with Crippen molar-refractivity contribution in [3.05, 3.63) is 55.7 Å². The molecule has 0 atom stereocenters. The number of hydrogen-bond acceptors (Lipinski definition) is 2. The van der Waals surface area contributed by atoms with Crippen LogP contribution in [0.15, 0.2) is 48.5 Å². The van der Waals surface area contributed by atoms with Crippen molar-refractivity contribution in [3.63, 3.8) is 0 Å². The summed E-state index contributed by atoms with van der Waals surface area (Å²) in [6.45, 7) is 4.40. The Morgan fingerprint density at radius 2 is 0.939 bits per heavy atom. The fourth-order valence-electron chi connectivity index (χ4n) is 3.54. The van der Waals surface area contributed by atoms with Crippen LogP contribution in [0.2, 0.25) is 0 Å². The lowest BCUT2D eigenvalue weighted by Crippen LogP contribution is -3.61. The lowest BCUT2D eigenvalue weighted by atomic mass is 10.1. The molecule has 0 saturated carbocycles. The van der Waals surface area contributed by atoms with Gasteiger partial charge in [0.2, 0.25) is 11.8 Å². The van der Waals surface area contributed by atoms with Gasteiger partial charge < -0.3 is 10.6 Å². The number of rotatable bonds is 16. The molecule has 2 aromatic rings. The van der Waals surface area contributed by atoms with Crippen molar-refractivity contribution < 1.29 is 30.8 Å². The summed E-state index contributed by atoms with van der Waals surface area (Å²) in [5.74, 6) is 0.208. The topological polar surface area (TPSA) is 58.2 Å². The van der Waals surface area contributed by atoms with Crippen molar-refractivity contribution in [1.82, 2.24) is 0 Å². The van der Waals surface area contributed by atoms with Crippen LogP contribution in [0.25, 0.3) is 0 Å². The number of carbonyl (C=O) groups is 2. The van der Waals surface area contributed by atoms with E-state index < -0.39 is 0 Å². The third-order valence-electron chi connectivity index (χ3n) is 5.49. The van der Waals surface area contributed by atoms with Crippen molar-refractivity contribution in [2.75, 3.05) is 10.6 Å². The lowest BCUT2D eigenvalue weighted by Gasteiger charge is -2.05. The molecule has 0 heterocycles. The summed E-state index contributed by atoms with van der Waals surface area (Å²) < 4.78 is 2.60. The highest BCUT2D eigenvalue weighted by Crippen LogP contribution is 2.10. The maximum absolute atomic E-state index is 12.1. The molecule has 0 fully saturated rings. The molecule has 5 heteroatoms. The SMILES string of the molecule is CCCCCCCC(=O)Nc1ccc([I+]c2ccc(NC(=O)CCCCCCC)cc2)cc1. The third-order valence-corrected chi connectivity index (χ3v) is 8.17. The van der Waals surface area contributed by atoms with Crippen LogP contribution in [0.4, 0.5) is 11.4 Å². The predicted octanol–water partition coefficient (Wildman–Crippen LogP) is 4.41. The fraction of sp³-hybridized carbons (Fsp3) is 0.500. The molecule has 0 aliphatic carbocycles. The van der Waals surface area contributed by atoms with Gasteiger partial charge in [0.25, 0.3) is 0 Å². The summed E-state index contributed by atoms with van der Waals surface area (Å²) in [6, 6.07) is 16.4. The Morgan fingerprint density at radius 3 is 1.30 bits per heavy atom. The van der Waals surface area contributed by atoms with Gasteiger partial charge in [-0.15, -0.1) is 0 Å². The van der Waals surface area contributed by atoms with Crippen LogP contribution in [0.1, 0.15) is 90.9 Å². The Bertz CT molecular complexity index is 749. The van der Waals surface area contributed by atoms with Crippen molar-refractivity contribution >= 4 is 23.2 Å². The Morgan fingerprint density at radius 1 is 0.576 bits per heavy atom.